The Morgan fingerprint density at radius 3 is 2.71 bits per heavy atom. The van der Waals surface area contributed by atoms with Gasteiger partial charge in [-0.25, -0.2) is 9.18 Å². The quantitative estimate of drug-likeness (QED) is 0.872. The van der Waals surface area contributed by atoms with Crippen molar-refractivity contribution in [2.24, 2.45) is 0 Å². The fourth-order valence-corrected chi connectivity index (χ4v) is 1.71. The summed E-state index contributed by atoms with van der Waals surface area (Å²) in [6.07, 6.45) is 0. The minimum atomic E-state index is -1.81. The third kappa shape index (κ3) is 3.02. The molecule has 0 saturated heterocycles. The number of hydrogen-bond donors (Lipinski definition) is 2. The Labute approximate surface area is 106 Å². The third-order valence-corrected chi connectivity index (χ3v) is 2.83. The normalized spacial score (nSPS) is 14.4. The lowest BCUT2D eigenvalue weighted by molar-refractivity contribution is -0.166. The number of hydrogen-bond acceptors (Lipinski definition) is 3. The summed E-state index contributed by atoms with van der Waals surface area (Å²) in [5.74, 6) is -1.99. The molecule has 94 valence electrons. The lowest BCUT2D eigenvalue weighted by Crippen LogP contribution is -2.37. The van der Waals surface area contributed by atoms with E-state index in [9.17, 15) is 9.18 Å². The molecule has 1 aromatic rings. The molecule has 0 aliphatic rings. The minimum Gasteiger partial charge on any atom is -0.479 e. The van der Waals surface area contributed by atoms with Gasteiger partial charge >= 0.3 is 5.97 Å². The first-order chi connectivity index (χ1) is 7.91. The first kappa shape index (κ1) is 14.1. The lowest BCUT2D eigenvalue weighted by Gasteiger charge is -2.26. The molecule has 0 aliphatic heterocycles. The molecular weight excluding hydrogens is 295 g/mol. The number of rotatable bonds is 5. The fourth-order valence-electron chi connectivity index (χ4n) is 1.38. The van der Waals surface area contributed by atoms with E-state index < -0.39 is 17.4 Å². The van der Waals surface area contributed by atoms with Gasteiger partial charge in [0.25, 0.3) is 0 Å². The van der Waals surface area contributed by atoms with Crippen LogP contribution >= 0.6 is 15.9 Å². The van der Waals surface area contributed by atoms with Crippen molar-refractivity contribution in [3.05, 3.63) is 34.1 Å². The molecule has 0 heterocycles. The smallest absolute Gasteiger partial charge is 0.340 e. The Morgan fingerprint density at radius 1 is 1.59 bits per heavy atom. The molecule has 17 heavy (non-hydrogen) atoms. The highest BCUT2D eigenvalue weighted by Crippen LogP contribution is 2.29. The summed E-state index contributed by atoms with van der Waals surface area (Å²) in [6, 6.07) is 4.03. The van der Waals surface area contributed by atoms with Crippen LogP contribution in [0.25, 0.3) is 0 Å². The Kier molecular flexibility index (Phi) is 4.62. The van der Waals surface area contributed by atoms with Crippen LogP contribution in [0.3, 0.4) is 0 Å². The lowest BCUT2D eigenvalue weighted by atomic mass is 9.95. The zero-order valence-corrected chi connectivity index (χ0v) is 10.7. The van der Waals surface area contributed by atoms with Gasteiger partial charge in [0.2, 0.25) is 0 Å². The topological polar surface area (TPSA) is 66.8 Å². The van der Waals surface area contributed by atoms with Gasteiger partial charge in [0.1, 0.15) is 5.82 Å². The van der Waals surface area contributed by atoms with E-state index >= 15 is 0 Å². The molecule has 0 aliphatic carbocycles. The highest BCUT2D eigenvalue weighted by molar-refractivity contribution is 9.10. The zero-order chi connectivity index (χ0) is 13.1. The standard InChI is InChI=1S/C11H12BrFO4/c1-11(10(15)16,17-5-4-14)8-3-2-7(12)6-9(8)13/h2-3,6,14H,4-5H2,1H3,(H,15,16). The van der Waals surface area contributed by atoms with Gasteiger partial charge in [0.05, 0.1) is 13.2 Å². The zero-order valence-electron chi connectivity index (χ0n) is 9.11. The van der Waals surface area contributed by atoms with Crippen LogP contribution in [0.4, 0.5) is 4.39 Å². The van der Waals surface area contributed by atoms with E-state index in [2.05, 4.69) is 15.9 Å². The van der Waals surface area contributed by atoms with Crippen molar-refractivity contribution in [2.75, 3.05) is 13.2 Å². The van der Waals surface area contributed by atoms with Gasteiger partial charge in [0, 0.05) is 10.0 Å². The maximum absolute atomic E-state index is 13.7. The number of ether oxygens (including phenoxy) is 1. The van der Waals surface area contributed by atoms with Crippen LogP contribution in [0, 0.1) is 5.82 Å². The van der Waals surface area contributed by atoms with Crippen LogP contribution in [-0.2, 0) is 15.1 Å². The summed E-state index contributed by atoms with van der Waals surface area (Å²) >= 11 is 3.08. The van der Waals surface area contributed by atoms with Crippen molar-refractivity contribution < 1.29 is 24.1 Å². The van der Waals surface area contributed by atoms with Gasteiger partial charge in [-0.3, -0.25) is 0 Å². The second-order valence-electron chi connectivity index (χ2n) is 3.53. The number of benzene rings is 1. The van der Waals surface area contributed by atoms with Crippen LogP contribution in [0.1, 0.15) is 12.5 Å². The first-order valence-corrected chi connectivity index (χ1v) is 5.65. The first-order valence-electron chi connectivity index (χ1n) is 4.85. The van der Waals surface area contributed by atoms with Crippen molar-refractivity contribution in [2.45, 2.75) is 12.5 Å². The Bertz CT molecular complexity index is 424. The van der Waals surface area contributed by atoms with Gasteiger partial charge in [-0.2, -0.15) is 0 Å². The summed E-state index contributed by atoms with van der Waals surface area (Å²) in [4.78, 5) is 11.2. The third-order valence-electron chi connectivity index (χ3n) is 2.34. The van der Waals surface area contributed by atoms with Crippen LogP contribution in [0.5, 0.6) is 0 Å². The Morgan fingerprint density at radius 2 is 2.24 bits per heavy atom. The highest BCUT2D eigenvalue weighted by atomic mass is 79.9. The average Bonchev–Trinajstić information content (AvgIpc) is 2.25. The number of halogens is 2. The molecule has 1 unspecified atom stereocenters. The molecule has 0 amide bonds. The van der Waals surface area contributed by atoms with Gasteiger partial charge in [-0.1, -0.05) is 22.0 Å². The molecule has 2 N–H and O–H groups in total. The van der Waals surface area contributed by atoms with Crippen molar-refractivity contribution in [1.82, 2.24) is 0 Å². The molecule has 0 bridgehead atoms. The summed E-state index contributed by atoms with van der Waals surface area (Å²) < 4.78 is 19.2. The molecule has 1 rings (SSSR count). The Balaban J connectivity index is 3.17. The van der Waals surface area contributed by atoms with E-state index in [0.29, 0.717) is 4.47 Å². The summed E-state index contributed by atoms with van der Waals surface area (Å²) in [6.45, 7) is 0.733. The molecule has 0 aromatic heterocycles. The van der Waals surface area contributed by atoms with E-state index in [1.165, 1.54) is 25.1 Å². The molecule has 0 saturated carbocycles. The van der Waals surface area contributed by atoms with Gasteiger partial charge in [-0.15, -0.1) is 0 Å². The molecule has 6 heteroatoms. The van der Waals surface area contributed by atoms with E-state index in [0.717, 1.165) is 0 Å². The van der Waals surface area contributed by atoms with Crippen molar-refractivity contribution in [1.29, 1.82) is 0 Å². The monoisotopic (exact) mass is 306 g/mol. The maximum Gasteiger partial charge on any atom is 0.340 e. The number of aliphatic carboxylic acids is 1. The second-order valence-corrected chi connectivity index (χ2v) is 4.45. The predicted molar refractivity (Wildman–Crippen MR) is 62.1 cm³/mol. The predicted octanol–water partition coefficient (Wildman–Crippen LogP) is 1.90. The van der Waals surface area contributed by atoms with Crippen LogP contribution in [0.15, 0.2) is 22.7 Å². The maximum atomic E-state index is 13.7. The number of carbonyl (C=O) groups is 1. The Hall–Kier alpha value is -0.980. The molecule has 0 fully saturated rings. The molecule has 1 aromatic carbocycles. The summed E-state index contributed by atoms with van der Waals surface area (Å²) in [5.41, 5.74) is -1.89. The van der Waals surface area contributed by atoms with Gasteiger partial charge in [0.15, 0.2) is 5.60 Å². The second kappa shape index (κ2) is 5.57. The van der Waals surface area contributed by atoms with E-state index in [4.69, 9.17) is 14.9 Å². The van der Waals surface area contributed by atoms with Gasteiger partial charge < -0.3 is 14.9 Å². The summed E-state index contributed by atoms with van der Waals surface area (Å²) in [5, 5.41) is 17.8. The number of aliphatic hydroxyl groups excluding tert-OH is 1. The molecule has 4 nitrogen and oxygen atoms in total. The van der Waals surface area contributed by atoms with Crippen LogP contribution in [0.2, 0.25) is 0 Å². The molecule has 1 atom stereocenters. The van der Waals surface area contributed by atoms with Crippen LogP contribution < -0.4 is 0 Å². The molecule has 0 radical (unpaired) electrons. The number of aliphatic hydroxyl groups is 1. The largest absolute Gasteiger partial charge is 0.479 e. The number of carboxylic acids is 1. The van der Waals surface area contributed by atoms with E-state index in [1.807, 2.05) is 0 Å². The number of carboxylic acid groups (broad SMARTS) is 1. The van der Waals surface area contributed by atoms with Crippen molar-refractivity contribution >= 4 is 21.9 Å². The van der Waals surface area contributed by atoms with Gasteiger partial charge in [-0.05, 0) is 19.1 Å². The van der Waals surface area contributed by atoms with E-state index in [1.54, 1.807) is 0 Å². The minimum absolute atomic E-state index is 0.0818. The van der Waals surface area contributed by atoms with E-state index in [-0.39, 0.29) is 18.8 Å². The average molecular weight is 307 g/mol. The SMILES string of the molecule is CC(OCCO)(C(=O)O)c1ccc(Br)cc1F. The van der Waals surface area contributed by atoms with Crippen LogP contribution in [-0.4, -0.2) is 29.4 Å². The van der Waals surface area contributed by atoms with Crippen molar-refractivity contribution in [3.63, 3.8) is 0 Å². The van der Waals surface area contributed by atoms with Crippen molar-refractivity contribution in [3.8, 4) is 0 Å². The fraction of sp³-hybridized carbons (Fsp3) is 0.364. The summed E-state index contributed by atoms with van der Waals surface area (Å²) in [7, 11) is 0. The highest BCUT2D eigenvalue weighted by Gasteiger charge is 2.38. The molecular formula is C11H12BrFO4. The molecule has 0 spiro atoms.